The third-order valence-corrected chi connectivity index (χ3v) is 3.85. The second kappa shape index (κ2) is 7.16. The first-order valence-electron chi connectivity index (χ1n) is 6.59. The van der Waals surface area contributed by atoms with Gasteiger partial charge < -0.3 is 15.8 Å². The van der Waals surface area contributed by atoms with Gasteiger partial charge in [-0.25, -0.2) is 9.97 Å². The molecule has 108 valence electrons. The monoisotopic (exact) mass is 294 g/mol. The van der Waals surface area contributed by atoms with Crippen molar-refractivity contribution in [3.8, 4) is 0 Å². The van der Waals surface area contributed by atoms with Gasteiger partial charge in [0, 0.05) is 25.5 Å². The molecule has 0 aliphatic heterocycles. The number of nitrogens with one attached hydrogen (secondary N) is 1. The zero-order chi connectivity index (χ0) is 14.4. The minimum atomic E-state index is -0.202. The maximum atomic E-state index is 12.0. The molecule has 1 amide bonds. The Kier molecular flexibility index (Phi) is 5.25. The third-order valence-electron chi connectivity index (χ3n) is 2.74. The molecule has 6 nitrogen and oxygen atoms in total. The summed E-state index contributed by atoms with van der Waals surface area (Å²) in [4.78, 5) is 21.4. The van der Waals surface area contributed by atoms with Gasteiger partial charge >= 0.3 is 0 Å². The molecular formula is C13H18N4O2S. The molecule has 0 bridgehead atoms. The fourth-order valence-corrected chi connectivity index (χ4v) is 2.62. The Hall–Kier alpha value is -1.73. The van der Waals surface area contributed by atoms with Crippen LogP contribution in [0.15, 0.2) is 12.4 Å². The molecular weight excluding hydrogens is 276 g/mol. The number of nitrogens with zero attached hydrogens (tertiary/aromatic N) is 2. The standard InChI is InChI=1S/C13H18N4O2S/c1-2-3-7-19-8-6-16-12(18)11-9(14)10-13(20-11)17-5-4-15-10/h4-5H,2-3,6-8,14H2,1H3,(H,16,18). The molecule has 0 saturated carbocycles. The number of carbonyl (C=O) groups is 1. The highest BCUT2D eigenvalue weighted by Crippen LogP contribution is 2.30. The lowest BCUT2D eigenvalue weighted by atomic mass is 10.3. The normalized spacial score (nSPS) is 10.8. The van der Waals surface area contributed by atoms with E-state index in [0.29, 0.717) is 34.1 Å². The number of hydrogen-bond acceptors (Lipinski definition) is 6. The van der Waals surface area contributed by atoms with Crippen LogP contribution in [0.2, 0.25) is 0 Å². The van der Waals surface area contributed by atoms with E-state index in [-0.39, 0.29) is 5.91 Å². The van der Waals surface area contributed by atoms with Crippen molar-refractivity contribution >= 4 is 33.3 Å². The number of thiophene rings is 1. The van der Waals surface area contributed by atoms with Crippen LogP contribution in [0.1, 0.15) is 29.4 Å². The highest BCUT2D eigenvalue weighted by molar-refractivity contribution is 7.21. The summed E-state index contributed by atoms with van der Waals surface area (Å²) in [5, 5.41) is 2.79. The lowest BCUT2D eigenvalue weighted by Crippen LogP contribution is -2.27. The molecule has 0 fully saturated rings. The van der Waals surface area contributed by atoms with E-state index in [1.54, 1.807) is 12.4 Å². The average Bonchev–Trinajstić information content (AvgIpc) is 2.80. The van der Waals surface area contributed by atoms with Crippen LogP contribution in [0, 0.1) is 0 Å². The van der Waals surface area contributed by atoms with Crippen molar-refractivity contribution in [3.63, 3.8) is 0 Å². The Morgan fingerprint density at radius 3 is 2.95 bits per heavy atom. The Bertz CT molecular complexity index is 585. The van der Waals surface area contributed by atoms with Gasteiger partial charge in [0.05, 0.1) is 12.3 Å². The van der Waals surface area contributed by atoms with Crippen LogP contribution in [-0.4, -0.2) is 35.6 Å². The van der Waals surface area contributed by atoms with E-state index in [1.807, 2.05) is 0 Å². The van der Waals surface area contributed by atoms with Crippen molar-refractivity contribution in [1.29, 1.82) is 0 Å². The predicted molar refractivity (Wildman–Crippen MR) is 79.9 cm³/mol. The van der Waals surface area contributed by atoms with Crippen LogP contribution in [-0.2, 0) is 4.74 Å². The quantitative estimate of drug-likeness (QED) is 0.760. The fraction of sp³-hybridized carbons (Fsp3) is 0.462. The molecule has 2 aromatic rings. The second-order valence-electron chi connectivity index (χ2n) is 4.28. The number of amides is 1. The van der Waals surface area contributed by atoms with Crippen LogP contribution in [0.3, 0.4) is 0 Å². The first-order valence-corrected chi connectivity index (χ1v) is 7.40. The predicted octanol–water partition coefficient (Wildman–Crippen LogP) is 1.82. The van der Waals surface area contributed by atoms with E-state index in [4.69, 9.17) is 10.5 Å². The Balaban J connectivity index is 1.89. The second-order valence-corrected chi connectivity index (χ2v) is 5.28. The molecule has 0 atom stereocenters. The Morgan fingerprint density at radius 1 is 1.40 bits per heavy atom. The Labute approximate surface area is 121 Å². The number of nitrogens with two attached hydrogens (primary N) is 1. The number of aromatic nitrogens is 2. The SMILES string of the molecule is CCCCOCCNC(=O)c1sc2nccnc2c1N. The van der Waals surface area contributed by atoms with Gasteiger partial charge in [-0.3, -0.25) is 4.79 Å². The van der Waals surface area contributed by atoms with Crippen LogP contribution in [0.5, 0.6) is 0 Å². The van der Waals surface area contributed by atoms with Crippen molar-refractivity contribution < 1.29 is 9.53 Å². The van der Waals surface area contributed by atoms with Gasteiger partial charge in [0.1, 0.15) is 15.2 Å². The molecule has 2 rings (SSSR count). The van der Waals surface area contributed by atoms with Gasteiger partial charge in [-0.05, 0) is 6.42 Å². The number of ether oxygens (including phenoxy) is 1. The number of carbonyl (C=O) groups excluding carboxylic acids is 1. The van der Waals surface area contributed by atoms with Gasteiger partial charge in [-0.1, -0.05) is 13.3 Å². The summed E-state index contributed by atoms with van der Waals surface area (Å²) in [5.74, 6) is -0.202. The molecule has 3 N–H and O–H groups in total. The number of rotatable bonds is 7. The molecule has 7 heteroatoms. The summed E-state index contributed by atoms with van der Waals surface area (Å²) in [6.45, 7) is 3.81. The number of nitrogen functional groups attached to an aromatic ring is 1. The highest BCUT2D eigenvalue weighted by Gasteiger charge is 2.17. The minimum absolute atomic E-state index is 0.202. The molecule has 0 aliphatic carbocycles. The number of unbranched alkanes of at least 4 members (excludes halogenated alkanes) is 1. The zero-order valence-corrected chi connectivity index (χ0v) is 12.2. The van der Waals surface area contributed by atoms with Crippen molar-refractivity contribution in [2.24, 2.45) is 0 Å². The Morgan fingerprint density at radius 2 is 2.20 bits per heavy atom. The number of anilines is 1. The van der Waals surface area contributed by atoms with E-state index >= 15 is 0 Å². The first kappa shape index (κ1) is 14.7. The highest BCUT2D eigenvalue weighted by atomic mass is 32.1. The molecule has 0 aliphatic rings. The van der Waals surface area contributed by atoms with E-state index in [0.717, 1.165) is 19.4 Å². The van der Waals surface area contributed by atoms with Crippen molar-refractivity contribution in [1.82, 2.24) is 15.3 Å². The van der Waals surface area contributed by atoms with Gasteiger partial charge in [-0.2, -0.15) is 0 Å². The number of hydrogen-bond donors (Lipinski definition) is 2. The molecule has 0 unspecified atom stereocenters. The maximum Gasteiger partial charge on any atom is 0.263 e. The van der Waals surface area contributed by atoms with Gasteiger partial charge in [-0.15, -0.1) is 11.3 Å². The zero-order valence-electron chi connectivity index (χ0n) is 11.4. The molecule has 0 saturated heterocycles. The largest absolute Gasteiger partial charge is 0.396 e. The van der Waals surface area contributed by atoms with E-state index in [9.17, 15) is 4.79 Å². The summed E-state index contributed by atoms with van der Waals surface area (Å²) in [6, 6.07) is 0. The minimum Gasteiger partial charge on any atom is -0.396 e. The van der Waals surface area contributed by atoms with Crippen LogP contribution in [0.25, 0.3) is 10.3 Å². The van der Waals surface area contributed by atoms with E-state index in [1.165, 1.54) is 11.3 Å². The molecule has 2 aromatic heterocycles. The summed E-state index contributed by atoms with van der Waals surface area (Å²) in [6.07, 6.45) is 5.29. The lowest BCUT2D eigenvalue weighted by molar-refractivity contribution is 0.0917. The topological polar surface area (TPSA) is 90.1 Å². The summed E-state index contributed by atoms with van der Waals surface area (Å²) in [5.41, 5.74) is 6.90. The molecule has 0 radical (unpaired) electrons. The molecule has 20 heavy (non-hydrogen) atoms. The molecule has 0 spiro atoms. The van der Waals surface area contributed by atoms with Crippen molar-refractivity contribution in [2.75, 3.05) is 25.5 Å². The van der Waals surface area contributed by atoms with E-state index in [2.05, 4.69) is 22.2 Å². The van der Waals surface area contributed by atoms with Gasteiger partial charge in [0.25, 0.3) is 5.91 Å². The lowest BCUT2D eigenvalue weighted by Gasteiger charge is -2.05. The maximum absolute atomic E-state index is 12.0. The van der Waals surface area contributed by atoms with E-state index < -0.39 is 0 Å². The van der Waals surface area contributed by atoms with Crippen LogP contribution < -0.4 is 11.1 Å². The number of fused-ring (bicyclic) bond motifs is 1. The summed E-state index contributed by atoms with van der Waals surface area (Å²) < 4.78 is 5.38. The molecule has 0 aromatic carbocycles. The summed E-state index contributed by atoms with van der Waals surface area (Å²) >= 11 is 1.25. The van der Waals surface area contributed by atoms with Gasteiger partial charge in [0.2, 0.25) is 0 Å². The summed E-state index contributed by atoms with van der Waals surface area (Å²) in [7, 11) is 0. The average molecular weight is 294 g/mol. The fourth-order valence-electron chi connectivity index (χ4n) is 1.68. The smallest absolute Gasteiger partial charge is 0.263 e. The van der Waals surface area contributed by atoms with Gasteiger partial charge in [0.15, 0.2) is 0 Å². The van der Waals surface area contributed by atoms with Crippen LogP contribution >= 0.6 is 11.3 Å². The first-order chi connectivity index (χ1) is 9.74. The van der Waals surface area contributed by atoms with Crippen molar-refractivity contribution in [3.05, 3.63) is 17.3 Å². The molecule has 2 heterocycles. The third kappa shape index (κ3) is 3.43. The van der Waals surface area contributed by atoms with Crippen molar-refractivity contribution in [2.45, 2.75) is 19.8 Å². The van der Waals surface area contributed by atoms with Crippen LogP contribution in [0.4, 0.5) is 5.69 Å².